The molecule has 2 unspecified atom stereocenters. The lowest BCUT2D eigenvalue weighted by Crippen LogP contribution is -2.39. The van der Waals surface area contributed by atoms with Crippen LogP contribution in [-0.4, -0.2) is 38.4 Å². The molecule has 0 amide bonds. The average Bonchev–Trinajstić information content (AvgIpc) is 2.94. The van der Waals surface area contributed by atoms with E-state index in [1.54, 1.807) is 7.11 Å². The molecule has 1 aliphatic heterocycles. The van der Waals surface area contributed by atoms with Crippen molar-refractivity contribution in [2.45, 2.75) is 32.9 Å². The van der Waals surface area contributed by atoms with Crippen molar-refractivity contribution >= 4 is 0 Å². The summed E-state index contributed by atoms with van der Waals surface area (Å²) >= 11 is 0. The molecule has 5 heteroatoms. The molecular formula is C16H26N2O3. The standard InChI is InChI=1S/C16H26N2O3/c1-10(2)11(3)18(4)13(8-17)12-6-14(19-5)16-15(7-12)20-9-21-16/h6-7,10-11,13H,8-9,17H2,1-5H3. The molecule has 0 fully saturated rings. The van der Waals surface area contributed by atoms with Crippen molar-refractivity contribution in [2.24, 2.45) is 11.7 Å². The van der Waals surface area contributed by atoms with Gasteiger partial charge >= 0.3 is 0 Å². The van der Waals surface area contributed by atoms with Gasteiger partial charge in [0.15, 0.2) is 11.5 Å². The Labute approximate surface area is 127 Å². The first-order valence-electron chi connectivity index (χ1n) is 7.39. The third-order valence-corrected chi connectivity index (χ3v) is 4.39. The van der Waals surface area contributed by atoms with Crippen LogP contribution in [-0.2, 0) is 0 Å². The van der Waals surface area contributed by atoms with E-state index in [2.05, 4.69) is 32.7 Å². The van der Waals surface area contributed by atoms with E-state index in [0.717, 1.165) is 11.3 Å². The number of rotatable bonds is 6. The molecule has 1 heterocycles. The number of hydrogen-bond acceptors (Lipinski definition) is 5. The number of nitrogens with zero attached hydrogens (tertiary/aromatic N) is 1. The van der Waals surface area contributed by atoms with Crippen LogP contribution in [0.2, 0.25) is 0 Å². The Morgan fingerprint density at radius 2 is 2.00 bits per heavy atom. The third-order valence-electron chi connectivity index (χ3n) is 4.39. The first-order valence-corrected chi connectivity index (χ1v) is 7.39. The largest absolute Gasteiger partial charge is 0.493 e. The van der Waals surface area contributed by atoms with E-state index < -0.39 is 0 Å². The summed E-state index contributed by atoms with van der Waals surface area (Å²) in [4.78, 5) is 2.31. The molecule has 2 rings (SSSR count). The van der Waals surface area contributed by atoms with Gasteiger partial charge in [-0.2, -0.15) is 0 Å². The van der Waals surface area contributed by atoms with Gasteiger partial charge in [-0.3, -0.25) is 4.90 Å². The van der Waals surface area contributed by atoms with E-state index >= 15 is 0 Å². The number of methoxy groups -OCH3 is 1. The quantitative estimate of drug-likeness (QED) is 0.873. The first kappa shape index (κ1) is 15.9. The van der Waals surface area contributed by atoms with Crippen molar-refractivity contribution < 1.29 is 14.2 Å². The van der Waals surface area contributed by atoms with E-state index in [4.69, 9.17) is 19.9 Å². The van der Waals surface area contributed by atoms with Gasteiger partial charge in [0, 0.05) is 18.6 Å². The van der Waals surface area contributed by atoms with Gasteiger partial charge in [0.2, 0.25) is 12.5 Å². The van der Waals surface area contributed by atoms with E-state index in [1.807, 2.05) is 12.1 Å². The first-order chi connectivity index (χ1) is 9.99. The highest BCUT2D eigenvalue weighted by atomic mass is 16.7. The highest BCUT2D eigenvalue weighted by Gasteiger charge is 2.27. The van der Waals surface area contributed by atoms with Crippen LogP contribution in [0.25, 0.3) is 0 Å². The van der Waals surface area contributed by atoms with Gasteiger partial charge in [-0.25, -0.2) is 0 Å². The predicted molar refractivity (Wildman–Crippen MR) is 83.0 cm³/mol. The minimum Gasteiger partial charge on any atom is -0.493 e. The SMILES string of the molecule is COc1cc(C(CN)N(C)C(C)C(C)C)cc2c1OCO2. The molecule has 1 aromatic rings. The number of hydrogen-bond donors (Lipinski definition) is 1. The molecule has 0 aliphatic carbocycles. The molecule has 21 heavy (non-hydrogen) atoms. The molecule has 0 bridgehead atoms. The Morgan fingerprint density at radius 1 is 1.29 bits per heavy atom. The highest BCUT2D eigenvalue weighted by molar-refractivity contribution is 5.55. The second kappa shape index (κ2) is 6.54. The molecule has 2 atom stereocenters. The van der Waals surface area contributed by atoms with Crippen LogP contribution in [0, 0.1) is 5.92 Å². The second-order valence-electron chi connectivity index (χ2n) is 5.86. The number of ether oxygens (including phenoxy) is 3. The zero-order valence-corrected chi connectivity index (χ0v) is 13.6. The predicted octanol–water partition coefficient (Wildman–Crippen LogP) is 2.40. The van der Waals surface area contributed by atoms with Crippen molar-refractivity contribution in [1.82, 2.24) is 4.90 Å². The Balaban J connectivity index is 2.34. The van der Waals surface area contributed by atoms with Gasteiger partial charge in [0.05, 0.1) is 7.11 Å². The van der Waals surface area contributed by atoms with Gasteiger partial charge in [0.1, 0.15) is 0 Å². The molecule has 0 spiro atoms. The fraction of sp³-hybridized carbons (Fsp3) is 0.625. The Morgan fingerprint density at radius 3 is 2.57 bits per heavy atom. The Bertz CT molecular complexity index is 491. The zero-order chi connectivity index (χ0) is 15.6. The highest BCUT2D eigenvalue weighted by Crippen LogP contribution is 2.43. The van der Waals surface area contributed by atoms with E-state index in [0.29, 0.717) is 30.0 Å². The molecular weight excluding hydrogens is 268 g/mol. The van der Waals surface area contributed by atoms with Gasteiger partial charge < -0.3 is 19.9 Å². The third kappa shape index (κ3) is 3.09. The number of likely N-dealkylation sites (N-methyl/N-ethyl adjacent to an activating group) is 1. The summed E-state index contributed by atoms with van der Waals surface area (Å²) in [7, 11) is 3.75. The molecule has 1 aliphatic rings. The second-order valence-corrected chi connectivity index (χ2v) is 5.86. The normalized spacial score (nSPS) is 16.4. The summed E-state index contributed by atoms with van der Waals surface area (Å²) in [5, 5.41) is 0. The molecule has 118 valence electrons. The molecule has 1 aromatic carbocycles. The van der Waals surface area contributed by atoms with Crippen LogP contribution in [0.4, 0.5) is 0 Å². The van der Waals surface area contributed by atoms with Gasteiger partial charge in [0.25, 0.3) is 0 Å². The maximum atomic E-state index is 6.03. The van der Waals surface area contributed by atoms with Crippen molar-refractivity contribution in [2.75, 3.05) is 27.5 Å². The zero-order valence-electron chi connectivity index (χ0n) is 13.6. The van der Waals surface area contributed by atoms with Crippen molar-refractivity contribution in [3.8, 4) is 17.2 Å². The van der Waals surface area contributed by atoms with Crippen LogP contribution in [0.15, 0.2) is 12.1 Å². The molecule has 5 nitrogen and oxygen atoms in total. The fourth-order valence-electron chi connectivity index (χ4n) is 2.63. The molecule has 0 radical (unpaired) electrons. The number of fused-ring (bicyclic) bond motifs is 1. The average molecular weight is 294 g/mol. The van der Waals surface area contributed by atoms with E-state index in [9.17, 15) is 0 Å². The van der Waals surface area contributed by atoms with Crippen LogP contribution in [0.1, 0.15) is 32.4 Å². The number of benzene rings is 1. The molecule has 0 aromatic heterocycles. The maximum Gasteiger partial charge on any atom is 0.231 e. The fourth-order valence-corrected chi connectivity index (χ4v) is 2.63. The lowest BCUT2D eigenvalue weighted by atomic mass is 9.98. The lowest BCUT2D eigenvalue weighted by Gasteiger charge is -2.35. The van der Waals surface area contributed by atoms with E-state index in [-0.39, 0.29) is 12.8 Å². The maximum absolute atomic E-state index is 6.03. The smallest absolute Gasteiger partial charge is 0.231 e. The molecule has 0 saturated heterocycles. The van der Waals surface area contributed by atoms with Crippen molar-refractivity contribution in [3.05, 3.63) is 17.7 Å². The van der Waals surface area contributed by atoms with E-state index in [1.165, 1.54) is 0 Å². The van der Waals surface area contributed by atoms with Crippen LogP contribution < -0.4 is 19.9 Å². The summed E-state index contributed by atoms with van der Waals surface area (Å²) in [6, 6.07) is 4.54. The van der Waals surface area contributed by atoms with Crippen LogP contribution in [0.3, 0.4) is 0 Å². The Hall–Kier alpha value is -1.46. The summed E-state index contributed by atoms with van der Waals surface area (Å²) in [5.41, 5.74) is 7.12. The molecule has 2 N–H and O–H groups in total. The van der Waals surface area contributed by atoms with Crippen molar-refractivity contribution in [1.29, 1.82) is 0 Å². The molecule has 0 saturated carbocycles. The minimum absolute atomic E-state index is 0.116. The summed E-state index contributed by atoms with van der Waals surface area (Å²) in [6.45, 7) is 7.43. The summed E-state index contributed by atoms with van der Waals surface area (Å²) in [5.74, 6) is 2.66. The van der Waals surface area contributed by atoms with Crippen LogP contribution >= 0.6 is 0 Å². The summed E-state index contributed by atoms with van der Waals surface area (Å²) in [6.07, 6.45) is 0. The van der Waals surface area contributed by atoms with Gasteiger partial charge in [-0.15, -0.1) is 0 Å². The Kier molecular flexibility index (Phi) is 4.96. The van der Waals surface area contributed by atoms with Gasteiger partial charge in [-0.1, -0.05) is 13.8 Å². The summed E-state index contributed by atoms with van der Waals surface area (Å²) < 4.78 is 16.4. The lowest BCUT2D eigenvalue weighted by molar-refractivity contribution is 0.151. The number of nitrogens with two attached hydrogens (primary N) is 1. The topological polar surface area (TPSA) is 57.0 Å². The van der Waals surface area contributed by atoms with Gasteiger partial charge in [-0.05, 0) is 37.6 Å². The minimum atomic E-state index is 0.116. The monoisotopic (exact) mass is 294 g/mol. The van der Waals surface area contributed by atoms with Crippen LogP contribution in [0.5, 0.6) is 17.2 Å². The van der Waals surface area contributed by atoms with Crippen molar-refractivity contribution in [3.63, 3.8) is 0 Å².